The summed E-state index contributed by atoms with van der Waals surface area (Å²) in [5.41, 5.74) is 1.14. The zero-order chi connectivity index (χ0) is 15.9. The molecule has 2 rings (SSSR count). The van der Waals surface area contributed by atoms with Crippen molar-refractivity contribution in [2.45, 2.75) is 58.4 Å². The summed E-state index contributed by atoms with van der Waals surface area (Å²) in [6.07, 6.45) is 5.98. The van der Waals surface area contributed by atoms with E-state index in [1.165, 1.54) is 0 Å². The van der Waals surface area contributed by atoms with E-state index in [2.05, 4.69) is 24.0 Å². The highest BCUT2D eigenvalue weighted by atomic mass is 16.5. The van der Waals surface area contributed by atoms with Crippen LogP contribution in [-0.4, -0.2) is 46.2 Å². The first kappa shape index (κ1) is 16.5. The van der Waals surface area contributed by atoms with E-state index in [4.69, 9.17) is 4.74 Å². The second kappa shape index (κ2) is 7.96. The number of esters is 1. The summed E-state index contributed by atoms with van der Waals surface area (Å²) in [5, 5.41) is 6.74. The van der Waals surface area contributed by atoms with Crippen LogP contribution in [0.25, 0.3) is 0 Å². The summed E-state index contributed by atoms with van der Waals surface area (Å²) in [6, 6.07) is 1.97. The average molecular weight is 307 g/mol. The van der Waals surface area contributed by atoms with Gasteiger partial charge < -0.3 is 9.64 Å². The largest absolute Gasteiger partial charge is 0.451 e. The minimum Gasteiger partial charge on any atom is -0.451 e. The van der Waals surface area contributed by atoms with Gasteiger partial charge in [0.25, 0.3) is 5.91 Å². The van der Waals surface area contributed by atoms with Crippen LogP contribution < -0.4 is 0 Å². The Morgan fingerprint density at radius 3 is 2.95 bits per heavy atom. The summed E-state index contributed by atoms with van der Waals surface area (Å²) in [4.78, 5) is 26.0. The minimum atomic E-state index is -0.544. The Bertz CT molecular complexity index is 512. The molecule has 6 nitrogen and oxygen atoms in total. The molecule has 2 heterocycles. The highest BCUT2D eigenvalue weighted by Crippen LogP contribution is 2.19. The Hall–Kier alpha value is -1.85. The van der Waals surface area contributed by atoms with Crippen molar-refractivity contribution in [1.82, 2.24) is 15.1 Å². The molecule has 1 aliphatic rings. The maximum atomic E-state index is 12.2. The number of piperidine rings is 1. The van der Waals surface area contributed by atoms with Crippen molar-refractivity contribution in [2.75, 3.05) is 13.2 Å². The number of nitrogens with zero attached hydrogens (tertiary/aromatic N) is 2. The smallest absolute Gasteiger partial charge is 0.359 e. The van der Waals surface area contributed by atoms with Gasteiger partial charge in [0.1, 0.15) is 0 Å². The number of amides is 1. The predicted molar refractivity (Wildman–Crippen MR) is 82.5 cm³/mol. The number of hydrogen-bond acceptors (Lipinski definition) is 4. The van der Waals surface area contributed by atoms with E-state index in [-0.39, 0.29) is 24.2 Å². The van der Waals surface area contributed by atoms with Gasteiger partial charge in [0.2, 0.25) is 0 Å². The van der Waals surface area contributed by atoms with Crippen LogP contribution in [0.5, 0.6) is 0 Å². The minimum absolute atomic E-state index is 0.107. The molecule has 1 unspecified atom stereocenters. The molecule has 0 saturated carbocycles. The molecule has 1 saturated heterocycles. The van der Waals surface area contributed by atoms with Crippen molar-refractivity contribution in [2.24, 2.45) is 0 Å². The molecule has 6 heteroatoms. The molecule has 0 aliphatic carbocycles. The van der Waals surface area contributed by atoms with Gasteiger partial charge in [0, 0.05) is 18.3 Å². The topological polar surface area (TPSA) is 75.3 Å². The van der Waals surface area contributed by atoms with Gasteiger partial charge >= 0.3 is 5.97 Å². The number of carbonyl (C=O) groups excluding carboxylic acids is 2. The highest BCUT2D eigenvalue weighted by molar-refractivity contribution is 5.89. The molecule has 1 aliphatic heterocycles. The van der Waals surface area contributed by atoms with Gasteiger partial charge in [-0.3, -0.25) is 9.89 Å². The first-order valence-corrected chi connectivity index (χ1v) is 8.16. The lowest BCUT2D eigenvalue weighted by Gasteiger charge is -2.35. The Labute approximate surface area is 131 Å². The van der Waals surface area contributed by atoms with E-state index >= 15 is 0 Å². The number of nitrogens with one attached hydrogen (secondary N) is 1. The number of hydrogen-bond donors (Lipinski definition) is 1. The van der Waals surface area contributed by atoms with Gasteiger partial charge in [-0.2, -0.15) is 5.10 Å². The van der Waals surface area contributed by atoms with E-state index < -0.39 is 5.97 Å². The van der Waals surface area contributed by atoms with Crippen LogP contribution >= 0.6 is 0 Å². The van der Waals surface area contributed by atoms with Gasteiger partial charge in [-0.15, -0.1) is 0 Å². The first-order chi connectivity index (χ1) is 10.7. The van der Waals surface area contributed by atoms with Crippen LogP contribution in [0, 0.1) is 0 Å². The van der Waals surface area contributed by atoms with Crippen LogP contribution in [0.2, 0.25) is 0 Å². The quantitative estimate of drug-likeness (QED) is 0.818. The second-order valence-corrected chi connectivity index (χ2v) is 5.75. The fraction of sp³-hybridized carbons (Fsp3) is 0.688. The number of carbonyl (C=O) groups is 2. The molecular formula is C16H25N3O3. The Kier molecular flexibility index (Phi) is 5.98. The van der Waals surface area contributed by atoms with Crippen molar-refractivity contribution in [3.05, 3.63) is 17.5 Å². The van der Waals surface area contributed by atoms with Gasteiger partial charge in [-0.05, 0) is 38.2 Å². The number of rotatable bonds is 6. The van der Waals surface area contributed by atoms with Crippen molar-refractivity contribution in [1.29, 1.82) is 0 Å². The van der Waals surface area contributed by atoms with Crippen LogP contribution in [0.1, 0.15) is 62.1 Å². The van der Waals surface area contributed by atoms with Crippen molar-refractivity contribution >= 4 is 11.9 Å². The molecule has 0 spiro atoms. The highest BCUT2D eigenvalue weighted by Gasteiger charge is 2.26. The predicted octanol–water partition coefficient (Wildman–Crippen LogP) is 2.31. The molecule has 1 aromatic heterocycles. The standard InChI is InChI=1S/C16H25N3O3/c1-3-7-12-10-14(18-17-12)16(21)22-11-15(20)19-9-6-5-8-13(19)4-2/h10,13H,3-9,11H2,1-2H3,(H,17,18). The molecule has 1 atom stereocenters. The van der Waals surface area contributed by atoms with Gasteiger partial charge in [-0.25, -0.2) is 4.79 Å². The number of aromatic nitrogens is 2. The van der Waals surface area contributed by atoms with Gasteiger partial charge in [0.15, 0.2) is 12.3 Å². The average Bonchev–Trinajstić information content (AvgIpc) is 3.01. The summed E-state index contributed by atoms with van der Waals surface area (Å²) in [6.45, 7) is 4.70. The summed E-state index contributed by atoms with van der Waals surface area (Å²) < 4.78 is 5.11. The SMILES string of the molecule is CCCc1cc(C(=O)OCC(=O)N2CCCCC2CC)n[nH]1. The number of H-pyrrole nitrogens is 1. The third kappa shape index (κ3) is 4.08. The van der Waals surface area contributed by atoms with Gasteiger partial charge in [0.05, 0.1) is 0 Å². The van der Waals surface area contributed by atoms with Crippen LogP contribution in [0.15, 0.2) is 6.07 Å². The second-order valence-electron chi connectivity index (χ2n) is 5.75. The molecule has 1 amide bonds. The van der Waals surface area contributed by atoms with Crippen molar-refractivity contribution in [3.63, 3.8) is 0 Å². The van der Waals surface area contributed by atoms with E-state index in [1.807, 2.05) is 4.90 Å². The fourth-order valence-corrected chi connectivity index (χ4v) is 2.90. The molecule has 22 heavy (non-hydrogen) atoms. The number of aromatic amines is 1. The zero-order valence-electron chi connectivity index (χ0n) is 13.4. The van der Waals surface area contributed by atoms with E-state index in [0.29, 0.717) is 0 Å². The Morgan fingerprint density at radius 2 is 2.23 bits per heavy atom. The van der Waals surface area contributed by atoms with Crippen molar-refractivity contribution < 1.29 is 14.3 Å². The lowest BCUT2D eigenvalue weighted by molar-refractivity contribution is -0.138. The fourth-order valence-electron chi connectivity index (χ4n) is 2.90. The van der Waals surface area contributed by atoms with E-state index in [9.17, 15) is 9.59 Å². The third-order valence-electron chi connectivity index (χ3n) is 4.10. The molecule has 1 fully saturated rings. The molecular weight excluding hydrogens is 282 g/mol. The maximum Gasteiger partial charge on any atom is 0.359 e. The van der Waals surface area contributed by atoms with E-state index in [1.54, 1.807) is 6.07 Å². The Morgan fingerprint density at radius 1 is 1.41 bits per heavy atom. The van der Waals surface area contributed by atoms with Crippen LogP contribution in [0.4, 0.5) is 0 Å². The van der Waals surface area contributed by atoms with Crippen LogP contribution in [0.3, 0.4) is 0 Å². The number of aryl methyl sites for hydroxylation is 1. The van der Waals surface area contributed by atoms with Crippen LogP contribution in [-0.2, 0) is 16.0 Å². The van der Waals surface area contributed by atoms with E-state index in [0.717, 1.165) is 50.8 Å². The third-order valence-corrected chi connectivity index (χ3v) is 4.10. The molecule has 122 valence electrons. The van der Waals surface area contributed by atoms with Gasteiger partial charge in [-0.1, -0.05) is 20.3 Å². The lowest BCUT2D eigenvalue weighted by Crippen LogP contribution is -2.45. The number of likely N-dealkylation sites (tertiary alicyclic amines) is 1. The van der Waals surface area contributed by atoms with Crippen molar-refractivity contribution in [3.8, 4) is 0 Å². The maximum absolute atomic E-state index is 12.2. The Balaban J connectivity index is 1.85. The molecule has 0 radical (unpaired) electrons. The molecule has 0 aromatic carbocycles. The summed E-state index contributed by atoms with van der Waals surface area (Å²) >= 11 is 0. The summed E-state index contributed by atoms with van der Waals surface area (Å²) in [5.74, 6) is -0.652. The monoisotopic (exact) mass is 307 g/mol. The zero-order valence-corrected chi connectivity index (χ0v) is 13.4. The molecule has 0 bridgehead atoms. The normalized spacial score (nSPS) is 18.3. The molecule has 1 N–H and O–H groups in total. The first-order valence-electron chi connectivity index (χ1n) is 8.16. The summed E-state index contributed by atoms with van der Waals surface area (Å²) in [7, 11) is 0. The number of ether oxygens (including phenoxy) is 1. The lowest BCUT2D eigenvalue weighted by atomic mass is 10.00. The molecule has 1 aromatic rings.